The van der Waals surface area contributed by atoms with Crippen molar-refractivity contribution in [3.05, 3.63) is 30.3 Å². The second kappa shape index (κ2) is 4.67. The molecule has 0 aromatic heterocycles. The van der Waals surface area contributed by atoms with Gasteiger partial charge in [-0.15, -0.1) is 0 Å². The monoisotopic (exact) mass is 265 g/mol. The van der Waals surface area contributed by atoms with Crippen molar-refractivity contribution in [2.24, 2.45) is 0 Å². The van der Waals surface area contributed by atoms with Gasteiger partial charge in [0.1, 0.15) is 0 Å². The Balaban J connectivity index is 1.82. The van der Waals surface area contributed by atoms with Gasteiger partial charge in [-0.3, -0.25) is 4.90 Å². The van der Waals surface area contributed by atoms with Crippen molar-refractivity contribution in [2.75, 3.05) is 13.1 Å². The quantitative estimate of drug-likeness (QED) is 0.821. The van der Waals surface area contributed by atoms with E-state index in [2.05, 4.69) is 4.90 Å². The molecular formula is C14H19NO2S. The molecule has 98 valence electrons. The Hall–Kier alpha value is -0.870. The number of sulfone groups is 1. The first-order chi connectivity index (χ1) is 8.68. The highest BCUT2D eigenvalue weighted by atomic mass is 32.2. The number of rotatable bonds is 2. The standard InChI is InChI=1S/C14H19NO2S/c16-18(17,13-6-2-1-3-7-13)14-9-8-12-5-4-10-15(12)11-14/h1-3,6-7,12,14H,4-5,8-11H2/t12-,14?/m0/s1. The number of fused-ring (bicyclic) bond motifs is 1. The molecule has 0 N–H and O–H groups in total. The van der Waals surface area contributed by atoms with Gasteiger partial charge in [0, 0.05) is 12.6 Å². The molecule has 3 nitrogen and oxygen atoms in total. The van der Waals surface area contributed by atoms with Gasteiger partial charge in [-0.25, -0.2) is 8.42 Å². The van der Waals surface area contributed by atoms with Crippen LogP contribution in [0.3, 0.4) is 0 Å². The van der Waals surface area contributed by atoms with E-state index < -0.39 is 9.84 Å². The van der Waals surface area contributed by atoms with Gasteiger partial charge < -0.3 is 0 Å². The van der Waals surface area contributed by atoms with Crippen molar-refractivity contribution < 1.29 is 8.42 Å². The van der Waals surface area contributed by atoms with E-state index in [1.807, 2.05) is 6.07 Å². The minimum atomic E-state index is -3.14. The Morgan fingerprint density at radius 1 is 1.06 bits per heavy atom. The van der Waals surface area contributed by atoms with Crippen molar-refractivity contribution >= 4 is 9.84 Å². The zero-order valence-corrected chi connectivity index (χ0v) is 11.3. The van der Waals surface area contributed by atoms with Crippen molar-refractivity contribution in [3.63, 3.8) is 0 Å². The number of hydrogen-bond acceptors (Lipinski definition) is 3. The van der Waals surface area contributed by atoms with Gasteiger partial charge in [0.05, 0.1) is 10.1 Å². The fourth-order valence-electron chi connectivity index (χ4n) is 3.25. The molecule has 0 spiro atoms. The van der Waals surface area contributed by atoms with Gasteiger partial charge in [-0.2, -0.15) is 0 Å². The maximum atomic E-state index is 12.5. The van der Waals surface area contributed by atoms with Crippen LogP contribution in [0.4, 0.5) is 0 Å². The molecule has 0 amide bonds. The molecule has 2 saturated heterocycles. The van der Waals surface area contributed by atoms with Gasteiger partial charge in [0.15, 0.2) is 9.84 Å². The van der Waals surface area contributed by atoms with E-state index in [4.69, 9.17) is 0 Å². The van der Waals surface area contributed by atoms with Crippen LogP contribution in [0.5, 0.6) is 0 Å². The smallest absolute Gasteiger partial charge is 0.182 e. The molecule has 0 aliphatic carbocycles. The molecule has 0 bridgehead atoms. The summed E-state index contributed by atoms with van der Waals surface area (Å²) in [5.74, 6) is 0. The predicted octanol–water partition coefficient (Wildman–Crippen LogP) is 2.09. The zero-order valence-electron chi connectivity index (χ0n) is 10.5. The molecule has 1 unspecified atom stereocenters. The van der Waals surface area contributed by atoms with Crippen LogP contribution in [0.2, 0.25) is 0 Å². The predicted molar refractivity (Wildman–Crippen MR) is 71.2 cm³/mol. The van der Waals surface area contributed by atoms with Crippen LogP contribution >= 0.6 is 0 Å². The molecule has 18 heavy (non-hydrogen) atoms. The van der Waals surface area contributed by atoms with E-state index in [0.29, 0.717) is 10.9 Å². The van der Waals surface area contributed by atoms with Crippen molar-refractivity contribution in [1.82, 2.24) is 4.90 Å². The Labute approximate surface area is 109 Å². The van der Waals surface area contributed by atoms with Gasteiger partial charge in [0.25, 0.3) is 0 Å². The topological polar surface area (TPSA) is 37.4 Å². The molecule has 3 rings (SSSR count). The lowest BCUT2D eigenvalue weighted by Gasteiger charge is -2.34. The molecular weight excluding hydrogens is 246 g/mol. The summed E-state index contributed by atoms with van der Waals surface area (Å²) in [7, 11) is -3.14. The number of benzene rings is 1. The molecule has 0 radical (unpaired) electrons. The molecule has 2 aliphatic rings. The highest BCUT2D eigenvalue weighted by molar-refractivity contribution is 7.92. The van der Waals surface area contributed by atoms with Crippen molar-refractivity contribution in [2.45, 2.75) is 41.9 Å². The van der Waals surface area contributed by atoms with E-state index in [1.54, 1.807) is 24.3 Å². The van der Waals surface area contributed by atoms with Crippen molar-refractivity contribution in [1.29, 1.82) is 0 Å². The second-order valence-corrected chi connectivity index (χ2v) is 7.58. The van der Waals surface area contributed by atoms with Gasteiger partial charge in [-0.1, -0.05) is 18.2 Å². The van der Waals surface area contributed by atoms with Crippen LogP contribution < -0.4 is 0 Å². The Bertz CT molecular complexity index is 512. The highest BCUT2D eigenvalue weighted by Gasteiger charge is 2.37. The van der Waals surface area contributed by atoms with Crippen LogP contribution in [0.1, 0.15) is 25.7 Å². The Morgan fingerprint density at radius 2 is 1.83 bits per heavy atom. The van der Waals surface area contributed by atoms with Crippen LogP contribution in [0.15, 0.2) is 35.2 Å². The van der Waals surface area contributed by atoms with Crippen LogP contribution in [-0.2, 0) is 9.84 Å². The molecule has 4 heteroatoms. The summed E-state index contributed by atoms with van der Waals surface area (Å²) >= 11 is 0. The van der Waals surface area contributed by atoms with E-state index in [-0.39, 0.29) is 5.25 Å². The first-order valence-electron chi connectivity index (χ1n) is 6.71. The Kier molecular flexibility index (Phi) is 3.16. The maximum Gasteiger partial charge on any atom is 0.182 e. The largest absolute Gasteiger partial charge is 0.299 e. The molecule has 0 saturated carbocycles. The zero-order chi connectivity index (χ0) is 12.6. The normalized spacial score (nSPS) is 29.1. The van der Waals surface area contributed by atoms with Gasteiger partial charge in [0.2, 0.25) is 0 Å². The second-order valence-electron chi connectivity index (χ2n) is 5.35. The Morgan fingerprint density at radius 3 is 2.61 bits per heavy atom. The summed E-state index contributed by atoms with van der Waals surface area (Å²) < 4.78 is 25.1. The van der Waals surface area contributed by atoms with Crippen LogP contribution in [0.25, 0.3) is 0 Å². The molecule has 2 aliphatic heterocycles. The average molecular weight is 265 g/mol. The molecule has 2 heterocycles. The highest BCUT2D eigenvalue weighted by Crippen LogP contribution is 2.31. The fraction of sp³-hybridized carbons (Fsp3) is 0.571. The summed E-state index contributed by atoms with van der Waals surface area (Å²) in [4.78, 5) is 2.85. The minimum Gasteiger partial charge on any atom is -0.299 e. The summed E-state index contributed by atoms with van der Waals surface area (Å²) in [6.45, 7) is 1.80. The van der Waals surface area contributed by atoms with E-state index >= 15 is 0 Å². The third-order valence-corrected chi connectivity index (χ3v) is 6.46. The number of piperidine rings is 1. The number of hydrogen-bond donors (Lipinski definition) is 0. The lowest BCUT2D eigenvalue weighted by Crippen LogP contribution is -2.44. The fourth-order valence-corrected chi connectivity index (χ4v) is 5.00. The molecule has 2 fully saturated rings. The van der Waals surface area contributed by atoms with Crippen LogP contribution in [-0.4, -0.2) is 37.7 Å². The maximum absolute atomic E-state index is 12.5. The number of nitrogens with zero attached hydrogens (tertiary/aromatic N) is 1. The molecule has 2 atom stereocenters. The van der Waals surface area contributed by atoms with E-state index in [0.717, 1.165) is 25.9 Å². The van der Waals surface area contributed by atoms with E-state index in [9.17, 15) is 8.42 Å². The third kappa shape index (κ3) is 2.08. The first kappa shape index (κ1) is 12.2. The molecule has 1 aromatic rings. The minimum absolute atomic E-state index is 0.214. The lowest BCUT2D eigenvalue weighted by molar-refractivity contribution is 0.200. The summed E-state index contributed by atoms with van der Waals surface area (Å²) in [5.41, 5.74) is 0. The van der Waals surface area contributed by atoms with Gasteiger partial charge in [-0.05, 0) is 44.4 Å². The molecule has 1 aromatic carbocycles. The van der Waals surface area contributed by atoms with Gasteiger partial charge >= 0.3 is 0 Å². The van der Waals surface area contributed by atoms with Crippen molar-refractivity contribution in [3.8, 4) is 0 Å². The average Bonchev–Trinajstić information content (AvgIpc) is 2.87. The lowest BCUT2D eigenvalue weighted by atomic mass is 10.0. The van der Waals surface area contributed by atoms with Crippen LogP contribution in [0, 0.1) is 0 Å². The summed E-state index contributed by atoms with van der Waals surface area (Å²) in [6.07, 6.45) is 4.33. The first-order valence-corrected chi connectivity index (χ1v) is 8.25. The SMILES string of the molecule is O=S(=O)(c1ccccc1)C1CC[C@@H]2CCCN2C1. The summed E-state index contributed by atoms with van der Waals surface area (Å²) in [5, 5.41) is -0.214. The van der Waals surface area contributed by atoms with E-state index in [1.165, 1.54) is 12.8 Å². The summed E-state index contributed by atoms with van der Waals surface area (Å²) in [6, 6.07) is 9.53. The third-order valence-electron chi connectivity index (χ3n) is 4.27.